The summed E-state index contributed by atoms with van der Waals surface area (Å²) in [5, 5.41) is 8.16. The van der Waals surface area contributed by atoms with E-state index in [1.54, 1.807) is 13.8 Å². The van der Waals surface area contributed by atoms with Crippen LogP contribution >= 0.6 is 43.2 Å². The highest BCUT2D eigenvalue weighted by Gasteiger charge is 2.25. The predicted molar refractivity (Wildman–Crippen MR) is 144 cm³/mol. The first-order valence-corrected chi connectivity index (χ1v) is 16.3. The fourth-order valence-electron chi connectivity index (χ4n) is 2.92. The van der Waals surface area contributed by atoms with Crippen LogP contribution in [0.4, 0.5) is 0 Å². The summed E-state index contributed by atoms with van der Waals surface area (Å²) in [6.45, 7) is 5.73. The van der Waals surface area contributed by atoms with Crippen molar-refractivity contribution in [1.29, 1.82) is 0 Å². The summed E-state index contributed by atoms with van der Waals surface area (Å²) >= 11 is 0. The first kappa shape index (κ1) is 31.1. The predicted octanol–water partition coefficient (Wildman–Crippen LogP) is 1.41. The van der Waals surface area contributed by atoms with Gasteiger partial charge in [-0.05, 0) is 6.42 Å². The number of Topliss-reactive ketones (excluding diaryl/α,β-unsaturated/α-hetero) is 2. The second-order valence-corrected chi connectivity index (χ2v) is 13.4. The summed E-state index contributed by atoms with van der Waals surface area (Å²) in [4.78, 5) is 61.7. The monoisotopic (exact) mass is 552 g/mol. The summed E-state index contributed by atoms with van der Waals surface area (Å²) in [5.41, 5.74) is 5.90. The Morgan fingerprint density at radius 1 is 1.00 bits per heavy atom. The molecule has 5 N–H and O–H groups in total. The summed E-state index contributed by atoms with van der Waals surface area (Å²) in [7, 11) is 5.79. The highest BCUT2D eigenvalue weighted by atomic mass is 33.1. The number of hydrogen-bond acceptors (Lipinski definition) is 10. The Balaban J connectivity index is 2.76. The molecular formula is C21H36N4O5S4. The number of rotatable bonds is 3. The number of ketones is 2. The normalized spacial score (nSPS) is 26.0. The van der Waals surface area contributed by atoms with Crippen molar-refractivity contribution in [3.63, 3.8) is 0 Å². The summed E-state index contributed by atoms with van der Waals surface area (Å²) < 4.78 is 0. The van der Waals surface area contributed by atoms with Gasteiger partial charge in [-0.3, -0.25) is 24.0 Å². The lowest BCUT2D eigenvalue weighted by molar-refractivity contribution is -0.129. The van der Waals surface area contributed by atoms with E-state index in [1.165, 1.54) is 43.2 Å². The van der Waals surface area contributed by atoms with E-state index < -0.39 is 23.9 Å². The van der Waals surface area contributed by atoms with Crippen molar-refractivity contribution in [3.05, 3.63) is 0 Å². The number of nitrogens with two attached hydrogens (primary N) is 1. The van der Waals surface area contributed by atoms with E-state index >= 15 is 0 Å². The van der Waals surface area contributed by atoms with Crippen molar-refractivity contribution in [2.45, 2.75) is 52.1 Å². The van der Waals surface area contributed by atoms with Crippen molar-refractivity contribution in [2.24, 2.45) is 17.6 Å². The minimum Gasteiger partial charge on any atom is -0.353 e. The number of amides is 3. The zero-order valence-corrected chi connectivity index (χ0v) is 23.2. The zero-order chi connectivity index (χ0) is 25.5. The van der Waals surface area contributed by atoms with Gasteiger partial charge in [-0.2, -0.15) is 0 Å². The molecule has 3 unspecified atom stereocenters. The highest BCUT2D eigenvalue weighted by molar-refractivity contribution is 8.77. The van der Waals surface area contributed by atoms with E-state index in [-0.39, 0.29) is 48.7 Å². The summed E-state index contributed by atoms with van der Waals surface area (Å²) in [6.07, 6.45) is 0.803. The molecule has 1 aliphatic heterocycles. The molecule has 0 spiro atoms. The van der Waals surface area contributed by atoms with Gasteiger partial charge in [0.2, 0.25) is 17.7 Å². The van der Waals surface area contributed by atoms with Crippen LogP contribution in [0.1, 0.15) is 40.0 Å². The molecule has 0 aromatic carbocycles. The molecule has 0 bridgehead atoms. The molecule has 1 saturated heterocycles. The minimum absolute atomic E-state index is 0.0159. The Kier molecular flexibility index (Phi) is 16.1. The maximum absolute atomic E-state index is 12.6. The molecule has 3 amide bonds. The molecule has 13 heteroatoms. The van der Waals surface area contributed by atoms with Gasteiger partial charge in [-0.1, -0.05) is 63.9 Å². The number of carbonyl (C=O) groups is 5. The molecule has 0 radical (unpaired) electrons. The van der Waals surface area contributed by atoms with Gasteiger partial charge in [0.25, 0.3) is 0 Å². The number of carbonyl (C=O) groups excluding carboxylic acids is 5. The Morgan fingerprint density at radius 2 is 1.68 bits per heavy atom. The second kappa shape index (κ2) is 17.5. The lowest BCUT2D eigenvalue weighted by atomic mass is 9.92. The average Bonchev–Trinajstić information content (AvgIpc) is 2.80. The van der Waals surface area contributed by atoms with Crippen LogP contribution in [0.2, 0.25) is 0 Å². The van der Waals surface area contributed by atoms with E-state index in [4.69, 9.17) is 5.73 Å². The first-order valence-electron chi connectivity index (χ1n) is 11.3. The quantitative estimate of drug-likeness (QED) is 0.379. The molecule has 0 aliphatic carbocycles. The molecular weight excluding hydrogens is 517 g/mol. The third-order valence-electron chi connectivity index (χ3n) is 4.88. The Bertz CT molecular complexity index is 711. The van der Waals surface area contributed by atoms with Gasteiger partial charge in [0, 0.05) is 54.2 Å². The second-order valence-electron chi connectivity index (χ2n) is 8.10. The van der Waals surface area contributed by atoms with Crippen LogP contribution in [0.5, 0.6) is 0 Å². The van der Waals surface area contributed by atoms with Gasteiger partial charge in [-0.15, -0.1) is 0 Å². The van der Waals surface area contributed by atoms with Gasteiger partial charge in [0.15, 0.2) is 5.78 Å². The van der Waals surface area contributed by atoms with E-state index in [0.29, 0.717) is 36.0 Å². The van der Waals surface area contributed by atoms with Crippen molar-refractivity contribution < 1.29 is 24.0 Å². The maximum atomic E-state index is 12.6. The molecule has 1 heterocycles. The van der Waals surface area contributed by atoms with Crippen LogP contribution < -0.4 is 21.7 Å². The molecule has 9 nitrogen and oxygen atoms in total. The van der Waals surface area contributed by atoms with Crippen LogP contribution in [0.15, 0.2) is 0 Å². The molecule has 1 fully saturated rings. The van der Waals surface area contributed by atoms with Gasteiger partial charge in [0.05, 0.1) is 12.6 Å². The molecule has 3 atom stereocenters. The molecule has 1 rings (SSSR count). The Labute approximate surface area is 217 Å². The lowest BCUT2D eigenvalue weighted by Gasteiger charge is -2.18. The Morgan fingerprint density at radius 3 is 2.35 bits per heavy atom. The molecule has 0 aromatic rings. The summed E-state index contributed by atoms with van der Waals surface area (Å²) in [6, 6.07) is -1.37. The van der Waals surface area contributed by atoms with E-state index in [1.807, 2.05) is 6.92 Å². The zero-order valence-electron chi connectivity index (χ0n) is 19.9. The van der Waals surface area contributed by atoms with Crippen LogP contribution in [-0.2, 0) is 24.0 Å². The van der Waals surface area contributed by atoms with Gasteiger partial charge < -0.3 is 21.7 Å². The molecule has 0 saturated carbocycles. The lowest BCUT2D eigenvalue weighted by Crippen LogP contribution is -2.46. The van der Waals surface area contributed by atoms with Gasteiger partial charge in [0.1, 0.15) is 11.8 Å². The van der Waals surface area contributed by atoms with Crippen LogP contribution in [0.3, 0.4) is 0 Å². The first-order chi connectivity index (χ1) is 16.1. The van der Waals surface area contributed by atoms with Crippen molar-refractivity contribution in [1.82, 2.24) is 16.0 Å². The SMILES string of the molecule is CCC1NC(=O)CCSSCC(N)C(=O)NCC(=O)CC(C(=O)C(C)C)CSSCCNC1=O. The highest BCUT2D eigenvalue weighted by Crippen LogP contribution is 2.27. The fourth-order valence-corrected chi connectivity index (χ4v) is 7.26. The van der Waals surface area contributed by atoms with Crippen molar-refractivity contribution in [2.75, 3.05) is 36.1 Å². The third kappa shape index (κ3) is 12.7. The molecule has 1 aliphatic rings. The number of nitrogens with one attached hydrogen (secondary N) is 3. The van der Waals surface area contributed by atoms with Gasteiger partial charge >= 0.3 is 0 Å². The molecule has 0 aromatic heterocycles. The van der Waals surface area contributed by atoms with E-state index in [2.05, 4.69) is 16.0 Å². The van der Waals surface area contributed by atoms with Crippen molar-refractivity contribution >= 4 is 72.5 Å². The summed E-state index contributed by atoms with van der Waals surface area (Å²) in [5.74, 6) is 0.263. The molecule has 34 heavy (non-hydrogen) atoms. The van der Waals surface area contributed by atoms with E-state index in [0.717, 1.165) is 0 Å². The Hall–Kier alpha value is -0.890. The maximum Gasteiger partial charge on any atom is 0.242 e. The van der Waals surface area contributed by atoms with Crippen LogP contribution in [0.25, 0.3) is 0 Å². The largest absolute Gasteiger partial charge is 0.353 e. The third-order valence-corrected chi connectivity index (χ3v) is 9.81. The van der Waals surface area contributed by atoms with Gasteiger partial charge in [-0.25, -0.2) is 0 Å². The van der Waals surface area contributed by atoms with E-state index in [9.17, 15) is 24.0 Å². The van der Waals surface area contributed by atoms with Crippen LogP contribution in [0, 0.1) is 11.8 Å². The van der Waals surface area contributed by atoms with Crippen LogP contribution in [-0.4, -0.2) is 77.5 Å². The van der Waals surface area contributed by atoms with Crippen molar-refractivity contribution in [3.8, 4) is 0 Å². The number of hydrogen-bond donors (Lipinski definition) is 4. The molecule has 194 valence electrons. The standard InChI is InChI=1S/C21H36N4O5S4/c1-4-17-21(30)23-6-8-32-33-11-14(19(28)13(2)3)9-15(26)10-24-20(29)16(22)12-34-31-7-5-18(27)25-17/h13-14,16-17H,4-12,22H2,1-3H3,(H,23,30)(H,24,29)(H,25,27). The average molecular weight is 553 g/mol. The topological polar surface area (TPSA) is 147 Å². The fraction of sp³-hybridized carbons (Fsp3) is 0.762. The minimum atomic E-state index is -0.787. The smallest absolute Gasteiger partial charge is 0.242 e.